The molecular formula is C20H21N3O5S. The van der Waals surface area contributed by atoms with Crippen molar-refractivity contribution in [3.63, 3.8) is 0 Å². The van der Waals surface area contributed by atoms with Gasteiger partial charge >= 0.3 is 5.97 Å². The third-order valence-electron chi connectivity index (χ3n) is 4.09. The zero-order valence-corrected chi connectivity index (χ0v) is 17.2. The molecule has 3 aromatic rings. The van der Waals surface area contributed by atoms with Gasteiger partial charge in [-0.2, -0.15) is 9.78 Å². The lowest BCUT2D eigenvalue weighted by Gasteiger charge is -2.10. The van der Waals surface area contributed by atoms with E-state index in [-0.39, 0.29) is 30.2 Å². The molecule has 0 aliphatic rings. The van der Waals surface area contributed by atoms with Gasteiger partial charge in [-0.05, 0) is 32.9 Å². The lowest BCUT2D eigenvalue weighted by Crippen LogP contribution is -2.26. The fourth-order valence-corrected chi connectivity index (χ4v) is 3.66. The minimum absolute atomic E-state index is 0.0172. The van der Waals surface area contributed by atoms with Crippen LogP contribution >= 0.6 is 11.3 Å². The number of thiophene rings is 1. The Balaban J connectivity index is 2.18. The van der Waals surface area contributed by atoms with Gasteiger partial charge < -0.3 is 14.8 Å². The summed E-state index contributed by atoms with van der Waals surface area (Å²) >= 11 is 1.15. The molecule has 0 atom stereocenters. The maximum Gasteiger partial charge on any atom is 0.359 e. The SMILES string of the molecule is CCOCC(=O)Nc1scc2c(C(=O)OCC)nn(-c3ccc(C)cc3)c(=O)c12. The molecule has 1 amide bonds. The number of fused-ring (bicyclic) bond motifs is 1. The van der Waals surface area contributed by atoms with E-state index >= 15 is 0 Å². The van der Waals surface area contributed by atoms with Crippen molar-refractivity contribution in [1.82, 2.24) is 9.78 Å². The maximum absolute atomic E-state index is 13.2. The Morgan fingerprint density at radius 3 is 2.55 bits per heavy atom. The van der Waals surface area contributed by atoms with Gasteiger partial charge in [0.2, 0.25) is 0 Å². The largest absolute Gasteiger partial charge is 0.461 e. The summed E-state index contributed by atoms with van der Waals surface area (Å²) in [6.07, 6.45) is 0. The fraction of sp³-hybridized carbons (Fsp3) is 0.300. The molecule has 0 aliphatic heterocycles. The fourth-order valence-electron chi connectivity index (χ4n) is 2.71. The third kappa shape index (κ3) is 4.36. The zero-order valence-electron chi connectivity index (χ0n) is 16.4. The monoisotopic (exact) mass is 415 g/mol. The van der Waals surface area contributed by atoms with E-state index in [1.54, 1.807) is 31.4 Å². The number of nitrogens with zero attached hydrogens (tertiary/aromatic N) is 2. The van der Waals surface area contributed by atoms with Gasteiger partial charge in [0.25, 0.3) is 11.5 Å². The highest BCUT2D eigenvalue weighted by atomic mass is 32.1. The van der Waals surface area contributed by atoms with E-state index in [1.807, 2.05) is 19.1 Å². The van der Waals surface area contributed by atoms with E-state index in [1.165, 1.54) is 0 Å². The number of hydrogen-bond acceptors (Lipinski definition) is 7. The standard InChI is InChI=1S/C20H21N3O5S/c1-4-27-10-15(24)21-18-16-14(11-29-18)17(20(26)28-5-2)22-23(19(16)25)13-8-6-12(3)7-9-13/h6-9,11H,4-5,10H2,1-3H3,(H,21,24). The van der Waals surface area contributed by atoms with Gasteiger partial charge in [-0.1, -0.05) is 17.7 Å². The van der Waals surface area contributed by atoms with Crippen molar-refractivity contribution in [2.45, 2.75) is 20.8 Å². The van der Waals surface area contributed by atoms with Gasteiger partial charge in [0, 0.05) is 17.4 Å². The highest BCUT2D eigenvalue weighted by molar-refractivity contribution is 7.16. The number of nitrogens with one attached hydrogen (secondary N) is 1. The average molecular weight is 415 g/mol. The Hall–Kier alpha value is -3.04. The van der Waals surface area contributed by atoms with Crippen LogP contribution in [-0.4, -0.2) is 41.5 Å². The summed E-state index contributed by atoms with van der Waals surface area (Å²) in [5, 5.41) is 9.45. The van der Waals surface area contributed by atoms with Crippen LogP contribution in [0.1, 0.15) is 29.9 Å². The molecule has 152 valence electrons. The Bertz CT molecular complexity index is 1100. The molecule has 0 fully saturated rings. The van der Waals surface area contributed by atoms with Crippen LogP contribution in [0, 0.1) is 6.92 Å². The molecule has 0 saturated carbocycles. The van der Waals surface area contributed by atoms with Crippen molar-refractivity contribution >= 4 is 39.0 Å². The van der Waals surface area contributed by atoms with Gasteiger partial charge in [0.1, 0.15) is 11.6 Å². The molecule has 0 spiro atoms. The first-order valence-corrected chi connectivity index (χ1v) is 10.0. The quantitative estimate of drug-likeness (QED) is 0.596. The molecule has 0 radical (unpaired) electrons. The highest BCUT2D eigenvalue weighted by Crippen LogP contribution is 2.30. The molecule has 1 N–H and O–H groups in total. The van der Waals surface area contributed by atoms with Crippen LogP contribution in [0.25, 0.3) is 16.5 Å². The number of anilines is 1. The van der Waals surface area contributed by atoms with Crippen molar-refractivity contribution in [2.24, 2.45) is 0 Å². The van der Waals surface area contributed by atoms with Crippen LogP contribution < -0.4 is 10.9 Å². The van der Waals surface area contributed by atoms with Crippen molar-refractivity contribution in [3.05, 3.63) is 51.3 Å². The normalized spacial score (nSPS) is 10.9. The van der Waals surface area contributed by atoms with Crippen LogP contribution in [0.3, 0.4) is 0 Å². The van der Waals surface area contributed by atoms with E-state index in [4.69, 9.17) is 9.47 Å². The van der Waals surface area contributed by atoms with Crippen molar-refractivity contribution in [2.75, 3.05) is 25.1 Å². The van der Waals surface area contributed by atoms with Crippen LogP contribution in [-0.2, 0) is 14.3 Å². The molecule has 29 heavy (non-hydrogen) atoms. The summed E-state index contributed by atoms with van der Waals surface area (Å²) in [6, 6.07) is 7.17. The molecule has 0 aliphatic carbocycles. The Morgan fingerprint density at radius 1 is 1.17 bits per heavy atom. The second-order valence-corrected chi connectivity index (χ2v) is 7.04. The molecule has 0 saturated heterocycles. The number of amides is 1. The van der Waals surface area contributed by atoms with Gasteiger partial charge in [-0.3, -0.25) is 9.59 Å². The van der Waals surface area contributed by atoms with E-state index in [0.717, 1.165) is 21.6 Å². The number of carbonyl (C=O) groups excluding carboxylic acids is 2. The number of carbonyl (C=O) groups is 2. The summed E-state index contributed by atoms with van der Waals surface area (Å²) in [5.74, 6) is -1.02. The number of rotatable bonds is 7. The maximum atomic E-state index is 13.2. The Labute approximate surface area is 171 Å². The van der Waals surface area contributed by atoms with E-state index in [2.05, 4.69) is 10.4 Å². The van der Waals surface area contributed by atoms with Gasteiger partial charge in [-0.15, -0.1) is 11.3 Å². The Morgan fingerprint density at radius 2 is 1.90 bits per heavy atom. The zero-order chi connectivity index (χ0) is 21.0. The summed E-state index contributed by atoms with van der Waals surface area (Å²) in [7, 11) is 0. The van der Waals surface area contributed by atoms with Crippen molar-refractivity contribution < 1.29 is 19.1 Å². The van der Waals surface area contributed by atoms with Gasteiger partial charge in [-0.25, -0.2) is 4.79 Å². The van der Waals surface area contributed by atoms with Gasteiger partial charge in [0.05, 0.1) is 17.7 Å². The summed E-state index contributed by atoms with van der Waals surface area (Å²) in [5.41, 5.74) is 1.10. The minimum atomic E-state index is -0.636. The van der Waals surface area contributed by atoms with Crippen LogP contribution in [0.4, 0.5) is 5.00 Å². The smallest absolute Gasteiger partial charge is 0.359 e. The molecule has 9 heteroatoms. The molecule has 8 nitrogen and oxygen atoms in total. The second kappa shape index (κ2) is 8.97. The number of esters is 1. The van der Waals surface area contributed by atoms with E-state index in [0.29, 0.717) is 22.7 Å². The molecular weight excluding hydrogens is 394 g/mol. The summed E-state index contributed by atoms with van der Waals surface area (Å²) in [4.78, 5) is 37.8. The first kappa shape index (κ1) is 20.7. The summed E-state index contributed by atoms with van der Waals surface area (Å²) in [6.45, 7) is 5.85. The number of aryl methyl sites for hydroxylation is 1. The lowest BCUT2D eigenvalue weighted by atomic mass is 10.2. The van der Waals surface area contributed by atoms with Crippen molar-refractivity contribution in [1.29, 1.82) is 0 Å². The second-order valence-electron chi connectivity index (χ2n) is 6.16. The predicted molar refractivity (Wildman–Crippen MR) is 111 cm³/mol. The molecule has 2 heterocycles. The van der Waals surface area contributed by atoms with Crippen molar-refractivity contribution in [3.8, 4) is 5.69 Å². The first-order valence-electron chi connectivity index (χ1n) is 9.12. The third-order valence-corrected chi connectivity index (χ3v) is 4.99. The number of ether oxygens (including phenoxy) is 2. The summed E-state index contributed by atoms with van der Waals surface area (Å²) < 4.78 is 11.4. The van der Waals surface area contributed by atoms with Crippen LogP contribution in [0.5, 0.6) is 0 Å². The van der Waals surface area contributed by atoms with Crippen LogP contribution in [0.15, 0.2) is 34.4 Å². The molecule has 1 aromatic carbocycles. The Kier molecular flexibility index (Phi) is 6.40. The van der Waals surface area contributed by atoms with E-state index in [9.17, 15) is 14.4 Å². The molecule has 0 unspecified atom stereocenters. The van der Waals surface area contributed by atoms with Gasteiger partial charge in [0.15, 0.2) is 5.69 Å². The predicted octanol–water partition coefficient (Wildman–Crippen LogP) is 2.91. The lowest BCUT2D eigenvalue weighted by molar-refractivity contribution is -0.120. The topological polar surface area (TPSA) is 99.5 Å². The number of hydrogen-bond donors (Lipinski definition) is 1. The number of aromatic nitrogens is 2. The molecule has 2 aromatic heterocycles. The van der Waals surface area contributed by atoms with Crippen LogP contribution in [0.2, 0.25) is 0 Å². The van der Waals surface area contributed by atoms with E-state index < -0.39 is 11.5 Å². The minimum Gasteiger partial charge on any atom is -0.461 e. The highest BCUT2D eigenvalue weighted by Gasteiger charge is 2.23. The first-order chi connectivity index (χ1) is 14.0. The average Bonchev–Trinajstić information content (AvgIpc) is 3.12. The molecule has 0 bridgehead atoms. The number of benzene rings is 1. The molecule has 3 rings (SSSR count).